The Kier molecular flexibility index (Phi) is 4.38. The Morgan fingerprint density at radius 1 is 1.00 bits per heavy atom. The van der Waals surface area contributed by atoms with Crippen LogP contribution in [0.4, 0.5) is 0 Å². The number of aliphatic hydroxyl groups is 1. The van der Waals surface area contributed by atoms with Gasteiger partial charge in [0.15, 0.2) is 0 Å². The van der Waals surface area contributed by atoms with Gasteiger partial charge in [0, 0.05) is 12.0 Å². The van der Waals surface area contributed by atoms with Crippen LogP contribution in [0.3, 0.4) is 0 Å². The van der Waals surface area contributed by atoms with Crippen molar-refractivity contribution in [3.05, 3.63) is 0 Å². The quantitative estimate of drug-likeness (QED) is 0.740. The zero-order chi connectivity index (χ0) is 13.2. The molecule has 3 N–H and O–H groups in total. The third-order valence-electron chi connectivity index (χ3n) is 5.81. The van der Waals surface area contributed by atoms with Crippen LogP contribution < -0.4 is 5.73 Å². The highest BCUT2D eigenvalue weighted by Crippen LogP contribution is 2.51. The summed E-state index contributed by atoms with van der Waals surface area (Å²) in [5.74, 6) is 1.50. The minimum atomic E-state index is -0.485. The molecule has 0 aromatic carbocycles. The first-order chi connectivity index (χ1) is 8.51. The Balaban J connectivity index is 2.18. The minimum absolute atomic E-state index is 0.00866. The van der Waals surface area contributed by atoms with Crippen LogP contribution in [-0.4, -0.2) is 17.3 Å². The summed E-state index contributed by atoms with van der Waals surface area (Å²) in [5, 5.41) is 11.3. The van der Waals surface area contributed by atoms with Gasteiger partial charge in [0.05, 0.1) is 5.60 Å². The summed E-state index contributed by atoms with van der Waals surface area (Å²) < 4.78 is 0. The third kappa shape index (κ3) is 2.60. The molecule has 0 spiro atoms. The van der Waals surface area contributed by atoms with Gasteiger partial charge in [-0.15, -0.1) is 0 Å². The fraction of sp³-hybridized carbons (Fsp3) is 1.00. The van der Waals surface area contributed by atoms with Crippen LogP contribution in [0.25, 0.3) is 0 Å². The van der Waals surface area contributed by atoms with Crippen LogP contribution in [0.1, 0.15) is 71.6 Å². The standard InChI is InChI=1S/C16H31NO/c1-13-5-4-9-16(18,10-7-13)15(12-17)8-3-6-14(2)11-15/h13-14,18H,3-12,17H2,1-2H3. The van der Waals surface area contributed by atoms with Crippen molar-refractivity contribution < 1.29 is 5.11 Å². The number of nitrogens with two attached hydrogens (primary N) is 1. The van der Waals surface area contributed by atoms with Gasteiger partial charge in [0.1, 0.15) is 0 Å². The van der Waals surface area contributed by atoms with Crippen molar-refractivity contribution in [2.75, 3.05) is 6.54 Å². The monoisotopic (exact) mass is 253 g/mol. The molecule has 0 saturated heterocycles. The molecule has 0 aromatic rings. The lowest BCUT2D eigenvalue weighted by molar-refractivity contribution is -0.117. The van der Waals surface area contributed by atoms with Crippen molar-refractivity contribution in [1.29, 1.82) is 0 Å². The van der Waals surface area contributed by atoms with Gasteiger partial charge in [-0.1, -0.05) is 39.5 Å². The smallest absolute Gasteiger partial charge is 0.0716 e. The fourth-order valence-electron chi connectivity index (χ4n) is 4.49. The lowest BCUT2D eigenvalue weighted by Crippen LogP contribution is -2.54. The minimum Gasteiger partial charge on any atom is -0.389 e. The SMILES string of the molecule is CC1CCCC(O)(C2(CN)CCCC(C)C2)CC1. The highest BCUT2D eigenvalue weighted by molar-refractivity contribution is 5.03. The Bertz CT molecular complexity index is 280. The molecular formula is C16H31NO. The Morgan fingerprint density at radius 3 is 2.33 bits per heavy atom. The first-order valence-electron chi connectivity index (χ1n) is 7.94. The largest absolute Gasteiger partial charge is 0.389 e. The fourth-order valence-corrected chi connectivity index (χ4v) is 4.49. The van der Waals surface area contributed by atoms with E-state index in [9.17, 15) is 5.11 Å². The summed E-state index contributed by atoms with van der Waals surface area (Å²) in [7, 11) is 0. The van der Waals surface area contributed by atoms with Crippen molar-refractivity contribution in [1.82, 2.24) is 0 Å². The van der Waals surface area contributed by atoms with E-state index in [1.807, 2.05) is 0 Å². The van der Waals surface area contributed by atoms with E-state index < -0.39 is 5.60 Å². The molecule has 2 saturated carbocycles. The van der Waals surface area contributed by atoms with Crippen LogP contribution in [0.15, 0.2) is 0 Å². The molecule has 0 amide bonds. The van der Waals surface area contributed by atoms with Crippen LogP contribution in [-0.2, 0) is 0 Å². The van der Waals surface area contributed by atoms with Crippen LogP contribution in [0, 0.1) is 17.3 Å². The first kappa shape index (κ1) is 14.3. The summed E-state index contributed by atoms with van der Waals surface area (Å²) in [6.45, 7) is 5.32. The summed E-state index contributed by atoms with van der Waals surface area (Å²) in [6.07, 6.45) is 10.4. The first-order valence-corrected chi connectivity index (χ1v) is 7.94. The summed E-state index contributed by atoms with van der Waals surface area (Å²) in [4.78, 5) is 0. The van der Waals surface area contributed by atoms with Gasteiger partial charge in [0.25, 0.3) is 0 Å². The molecule has 0 bridgehead atoms. The summed E-state index contributed by atoms with van der Waals surface area (Å²) in [5.41, 5.74) is 5.67. The van der Waals surface area contributed by atoms with E-state index in [-0.39, 0.29) is 5.41 Å². The van der Waals surface area contributed by atoms with Crippen molar-refractivity contribution in [3.8, 4) is 0 Å². The molecule has 2 rings (SSSR count). The second-order valence-electron chi connectivity index (χ2n) is 7.25. The van der Waals surface area contributed by atoms with Gasteiger partial charge in [-0.3, -0.25) is 0 Å². The number of hydrogen-bond acceptors (Lipinski definition) is 2. The lowest BCUT2D eigenvalue weighted by atomic mass is 9.58. The van der Waals surface area contributed by atoms with Gasteiger partial charge in [-0.05, 0) is 43.9 Å². The van der Waals surface area contributed by atoms with Crippen LogP contribution >= 0.6 is 0 Å². The van der Waals surface area contributed by atoms with Crippen molar-refractivity contribution in [3.63, 3.8) is 0 Å². The molecule has 18 heavy (non-hydrogen) atoms. The molecule has 2 heteroatoms. The molecule has 2 aliphatic carbocycles. The molecule has 0 radical (unpaired) electrons. The second kappa shape index (κ2) is 5.50. The van der Waals surface area contributed by atoms with Gasteiger partial charge in [0.2, 0.25) is 0 Å². The Morgan fingerprint density at radius 2 is 1.67 bits per heavy atom. The average Bonchev–Trinajstić information content (AvgIpc) is 2.52. The number of rotatable bonds is 2. The van der Waals surface area contributed by atoms with Gasteiger partial charge >= 0.3 is 0 Å². The predicted molar refractivity (Wildman–Crippen MR) is 76.3 cm³/mol. The maximum Gasteiger partial charge on any atom is 0.0716 e. The summed E-state index contributed by atoms with van der Waals surface area (Å²) >= 11 is 0. The number of hydrogen-bond donors (Lipinski definition) is 2. The van der Waals surface area contributed by atoms with Crippen molar-refractivity contribution in [2.45, 2.75) is 77.2 Å². The zero-order valence-corrected chi connectivity index (χ0v) is 12.3. The zero-order valence-electron chi connectivity index (χ0n) is 12.3. The molecule has 0 aliphatic heterocycles. The highest BCUT2D eigenvalue weighted by atomic mass is 16.3. The van der Waals surface area contributed by atoms with E-state index in [2.05, 4.69) is 13.8 Å². The third-order valence-corrected chi connectivity index (χ3v) is 5.81. The van der Waals surface area contributed by atoms with Gasteiger partial charge in [-0.25, -0.2) is 0 Å². The van der Waals surface area contributed by atoms with Crippen LogP contribution in [0.5, 0.6) is 0 Å². The molecule has 2 fully saturated rings. The maximum absolute atomic E-state index is 11.3. The van der Waals surface area contributed by atoms with E-state index in [1.165, 1.54) is 32.1 Å². The molecule has 0 aromatic heterocycles. The maximum atomic E-state index is 11.3. The molecule has 2 aliphatic rings. The Labute approximate surface area is 112 Å². The second-order valence-corrected chi connectivity index (χ2v) is 7.25. The van der Waals surface area contributed by atoms with Crippen molar-refractivity contribution in [2.24, 2.45) is 23.0 Å². The van der Waals surface area contributed by atoms with Crippen LogP contribution in [0.2, 0.25) is 0 Å². The van der Waals surface area contributed by atoms with Gasteiger partial charge < -0.3 is 10.8 Å². The molecule has 106 valence electrons. The summed E-state index contributed by atoms with van der Waals surface area (Å²) in [6, 6.07) is 0. The molecule has 2 nitrogen and oxygen atoms in total. The topological polar surface area (TPSA) is 46.2 Å². The molecule has 4 unspecified atom stereocenters. The molecule has 0 heterocycles. The van der Waals surface area contributed by atoms with E-state index in [4.69, 9.17) is 5.73 Å². The molecular weight excluding hydrogens is 222 g/mol. The van der Waals surface area contributed by atoms with Gasteiger partial charge in [-0.2, -0.15) is 0 Å². The molecule has 4 atom stereocenters. The van der Waals surface area contributed by atoms with Crippen molar-refractivity contribution >= 4 is 0 Å². The lowest BCUT2D eigenvalue weighted by Gasteiger charge is -2.51. The Hall–Kier alpha value is -0.0800. The predicted octanol–water partition coefficient (Wildman–Crippen LogP) is 3.47. The van der Waals surface area contributed by atoms with E-state index in [0.717, 1.165) is 37.5 Å². The average molecular weight is 253 g/mol. The normalized spacial score (nSPS) is 46.7. The highest BCUT2D eigenvalue weighted by Gasteiger charge is 2.50. The van der Waals surface area contributed by atoms with E-state index in [0.29, 0.717) is 6.54 Å². The van der Waals surface area contributed by atoms with E-state index >= 15 is 0 Å². The van der Waals surface area contributed by atoms with E-state index in [1.54, 1.807) is 0 Å².